The predicted octanol–water partition coefficient (Wildman–Crippen LogP) is -0.166. The van der Waals surface area contributed by atoms with Crippen molar-refractivity contribution in [2.24, 2.45) is 10.9 Å². The molecule has 2 saturated heterocycles. The summed E-state index contributed by atoms with van der Waals surface area (Å²) < 4.78 is 24.7. The number of hydrogen-bond donors (Lipinski definition) is 2. The van der Waals surface area contributed by atoms with E-state index in [0.717, 1.165) is 31.9 Å². The average Bonchev–Trinajstić information content (AvgIpc) is 3.21. The summed E-state index contributed by atoms with van der Waals surface area (Å²) in [6, 6.07) is 0.212. The number of likely N-dealkylation sites (tertiary alicyclic amines) is 1. The highest BCUT2D eigenvalue weighted by Gasteiger charge is 2.29. The largest absolute Gasteiger partial charge is 0.357 e. The first kappa shape index (κ1) is 20.0. The van der Waals surface area contributed by atoms with Crippen molar-refractivity contribution in [2.75, 3.05) is 45.5 Å². The fraction of sp³-hybridized carbons (Fsp3) is 0.875. The fourth-order valence-electron chi connectivity index (χ4n) is 3.31. The van der Waals surface area contributed by atoms with Crippen molar-refractivity contribution >= 4 is 21.9 Å². The fourth-order valence-corrected chi connectivity index (χ4v) is 4.23. The lowest BCUT2D eigenvalue weighted by Gasteiger charge is -2.19. The Kier molecular flexibility index (Phi) is 7.06. The maximum Gasteiger partial charge on any atom is 0.222 e. The van der Waals surface area contributed by atoms with Gasteiger partial charge in [-0.05, 0) is 25.7 Å². The van der Waals surface area contributed by atoms with Crippen LogP contribution in [0.25, 0.3) is 0 Å². The Bertz CT molecular complexity index is 593. The minimum absolute atomic E-state index is 0.193. The standard InChI is InChI=1S/C16H31N5O3S/c1-4-15(22)20-8-7-14(12-20)19-16(17-5-2)18-10-13-6-9-21(11-13)25(3,23)24/h13-14H,4-12H2,1-3H3,(H2,17,18,19). The van der Waals surface area contributed by atoms with E-state index >= 15 is 0 Å². The maximum atomic E-state index is 11.8. The number of carbonyl (C=O) groups is 1. The first-order chi connectivity index (χ1) is 11.8. The lowest BCUT2D eigenvalue weighted by Crippen LogP contribution is -2.45. The van der Waals surface area contributed by atoms with Crippen LogP contribution in [-0.2, 0) is 14.8 Å². The second-order valence-electron chi connectivity index (χ2n) is 6.82. The zero-order valence-electron chi connectivity index (χ0n) is 15.5. The van der Waals surface area contributed by atoms with E-state index < -0.39 is 10.0 Å². The number of guanidine groups is 1. The molecule has 144 valence electrons. The van der Waals surface area contributed by atoms with Crippen molar-refractivity contribution in [3.8, 4) is 0 Å². The highest BCUT2D eigenvalue weighted by Crippen LogP contribution is 2.19. The smallest absolute Gasteiger partial charge is 0.222 e. The maximum absolute atomic E-state index is 11.8. The molecule has 2 N–H and O–H groups in total. The molecule has 0 spiro atoms. The average molecular weight is 374 g/mol. The Hall–Kier alpha value is -1.35. The Morgan fingerprint density at radius 3 is 2.56 bits per heavy atom. The monoisotopic (exact) mass is 373 g/mol. The summed E-state index contributed by atoms with van der Waals surface area (Å²) >= 11 is 0. The molecule has 0 aliphatic carbocycles. The molecule has 8 nitrogen and oxygen atoms in total. The Balaban J connectivity index is 1.86. The molecule has 2 heterocycles. The van der Waals surface area contributed by atoms with E-state index in [9.17, 15) is 13.2 Å². The third kappa shape index (κ3) is 5.85. The molecule has 0 aromatic carbocycles. The molecule has 0 saturated carbocycles. The van der Waals surface area contributed by atoms with Gasteiger partial charge in [0.05, 0.1) is 6.26 Å². The highest BCUT2D eigenvalue weighted by atomic mass is 32.2. The number of sulfonamides is 1. The van der Waals surface area contributed by atoms with Gasteiger partial charge in [-0.1, -0.05) is 6.92 Å². The molecule has 1 amide bonds. The first-order valence-corrected chi connectivity index (χ1v) is 11.0. The quantitative estimate of drug-likeness (QED) is 0.498. The van der Waals surface area contributed by atoms with E-state index in [0.29, 0.717) is 32.6 Å². The molecular weight excluding hydrogens is 342 g/mol. The Morgan fingerprint density at radius 2 is 1.96 bits per heavy atom. The number of rotatable bonds is 6. The SMILES string of the molecule is CCNC(=NCC1CCN(S(C)(=O)=O)C1)NC1CCN(C(=O)CC)C1. The van der Waals surface area contributed by atoms with Crippen LogP contribution in [0.15, 0.2) is 4.99 Å². The van der Waals surface area contributed by atoms with E-state index in [1.165, 1.54) is 10.6 Å². The normalized spacial score (nSPS) is 25.4. The summed E-state index contributed by atoms with van der Waals surface area (Å²) in [5.41, 5.74) is 0. The molecule has 0 bridgehead atoms. The zero-order chi connectivity index (χ0) is 18.4. The number of nitrogens with zero attached hydrogens (tertiary/aromatic N) is 3. The van der Waals surface area contributed by atoms with Gasteiger partial charge >= 0.3 is 0 Å². The van der Waals surface area contributed by atoms with Crippen LogP contribution in [-0.4, -0.2) is 81.1 Å². The van der Waals surface area contributed by atoms with Crippen LogP contribution in [0.2, 0.25) is 0 Å². The Morgan fingerprint density at radius 1 is 1.20 bits per heavy atom. The van der Waals surface area contributed by atoms with Gasteiger partial charge in [0.15, 0.2) is 5.96 Å². The first-order valence-electron chi connectivity index (χ1n) is 9.11. The van der Waals surface area contributed by atoms with Crippen LogP contribution in [0.3, 0.4) is 0 Å². The summed E-state index contributed by atoms with van der Waals surface area (Å²) in [5.74, 6) is 1.20. The van der Waals surface area contributed by atoms with Crippen LogP contribution >= 0.6 is 0 Å². The van der Waals surface area contributed by atoms with E-state index in [-0.39, 0.29) is 17.9 Å². The molecule has 2 aliphatic rings. The minimum Gasteiger partial charge on any atom is -0.357 e. The summed E-state index contributed by atoms with van der Waals surface area (Å²) in [5, 5.41) is 6.64. The van der Waals surface area contributed by atoms with Crippen LogP contribution < -0.4 is 10.6 Å². The Labute approximate surface area is 151 Å². The molecule has 2 aliphatic heterocycles. The highest BCUT2D eigenvalue weighted by molar-refractivity contribution is 7.88. The third-order valence-electron chi connectivity index (χ3n) is 4.75. The topological polar surface area (TPSA) is 94.1 Å². The summed E-state index contributed by atoms with van der Waals surface area (Å²) in [4.78, 5) is 18.3. The molecule has 0 radical (unpaired) electrons. The van der Waals surface area contributed by atoms with Gasteiger partial charge < -0.3 is 15.5 Å². The number of amides is 1. The van der Waals surface area contributed by atoms with Gasteiger partial charge in [0.25, 0.3) is 0 Å². The van der Waals surface area contributed by atoms with Gasteiger partial charge in [0, 0.05) is 51.7 Å². The van der Waals surface area contributed by atoms with E-state index in [4.69, 9.17) is 0 Å². The van der Waals surface area contributed by atoms with Crippen LogP contribution in [0, 0.1) is 5.92 Å². The second-order valence-corrected chi connectivity index (χ2v) is 8.80. The van der Waals surface area contributed by atoms with Crippen molar-refractivity contribution in [3.63, 3.8) is 0 Å². The van der Waals surface area contributed by atoms with E-state index in [2.05, 4.69) is 15.6 Å². The van der Waals surface area contributed by atoms with Gasteiger partial charge in [-0.2, -0.15) is 0 Å². The number of nitrogens with one attached hydrogen (secondary N) is 2. The van der Waals surface area contributed by atoms with Crippen LogP contribution in [0.5, 0.6) is 0 Å². The number of hydrogen-bond acceptors (Lipinski definition) is 4. The molecule has 2 fully saturated rings. The summed E-state index contributed by atoms with van der Waals surface area (Å²) in [6.45, 7) is 7.89. The van der Waals surface area contributed by atoms with Gasteiger partial charge in [-0.15, -0.1) is 0 Å². The predicted molar refractivity (Wildman–Crippen MR) is 98.9 cm³/mol. The van der Waals surface area contributed by atoms with E-state index in [1.54, 1.807) is 0 Å². The molecule has 0 aromatic heterocycles. The minimum atomic E-state index is -3.10. The van der Waals surface area contributed by atoms with Crippen LogP contribution in [0.4, 0.5) is 0 Å². The van der Waals surface area contributed by atoms with Crippen molar-refractivity contribution in [1.82, 2.24) is 19.8 Å². The zero-order valence-corrected chi connectivity index (χ0v) is 16.3. The third-order valence-corrected chi connectivity index (χ3v) is 6.02. The van der Waals surface area contributed by atoms with Gasteiger partial charge in [0.1, 0.15) is 0 Å². The van der Waals surface area contributed by atoms with Crippen molar-refractivity contribution in [1.29, 1.82) is 0 Å². The van der Waals surface area contributed by atoms with Gasteiger partial charge in [-0.25, -0.2) is 12.7 Å². The second kappa shape index (κ2) is 8.84. The van der Waals surface area contributed by atoms with Gasteiger partial charge in [-0.3, -0.25) is 9.79 Å². The molecule has 2 rings (SSSR count). The summed E-state index contributed by atoms with van der Waals surface area (Å²) in [6.07, 6.45) is 3.56. The number of carbonyl (C=O) groups excluding carboxylic acids is 1. The molecule has 2 unspecified atom stereocenters. The summed E-state index contributed by atoms with van der Waals surface area (Å²) in [7, 11) is -3.10. The molecule has 9 heteroatoms. The van der Waals surface area contributed by atoms with Crippen molar-refractivity contribution < 1.29 is 13.2 Å². The van der Waals surface area contributed by atoms with Crippen molar-refractivity contribution in [3.05, 3.63) is 0 Å². The molecule has 2 atom stereocenters. The molecule has 0 aromatic rings. The van der Waals surface area contributed by atoms with E-state index in [1.807, 2.05) is 18.7 Å². The van der Waals surface area contributed by atoms with Crippen molar-refractivity contribution in [2.45, 2.75) is 39.2 Å². The molecular formula is C16H31N5O3S. The lowest BCUT2D eigenvalue weighted by atomic mass is 10.1. The van der Waals surface area contributed by atoms with Gasteiger partial charge in [0.2, 0.25) is 15.9 Å². The molecule has 25 heavy (non-hydrogen) atoms. The number of aliphatic imine (C=N–C) groups is 1. The lowest BCUT2D eigenvalue weighted by molar-refractivity contribution is -0.129. The van der Waals surface area contributed by atoms with Crippen LogP contribution in [0.1, 0.15) is 33.1 Å².